The van der Waals surface area contributed by atoms with Crippen molar-refractivity contribution in [2.45, 2.75) is 31.7 Å². The van der Waals surface area contributed by atoms with Gasteiger partial charge < -0.3 is 10.1 Å². The van der Waals surface area contributed by atoms with Crippen molar-refractivity contribution in [3.63, 3.8) is 0 Å². The van der Waals surface area contributed by atoms with E-state index in [1.807, 2.05) is 30.3 Å². The molecule has 0 bridgehead atoms. The second-order valence-corrected chi connectivity index (χ2v) is 6.20. The average Bonchev–Trinajstić information content (AvgIpc) is 2.58. The van der Waals surface area contributed by atoms with Crippen LogP contribution in [-0.2, 0) is 0 Å². The summed E-state index contributed by atoms with van der Waals surface area (Å²) in [4.78, 5) is 0. The van der Waals surface area contributed by atoms with E-state index in [0.29, 0.717) is 17.7 Å². The van der Waals surface area contributed by atoms with Crippen LogP contribution in [-0.4, -0.2) is 19.2 Å². The molecule has 2 aromatic carbocycles. The van der Waals surface area contributed by atoms with E-state index in [0.717, 1.165) is 24.3 Å². The van der Waals surface area contributed by atoms with Crippen LogP contribution < -0.4 is 10.1 Å². The molecular weight excluding hydrogens is 329 g/mol. The molecule has 4 heteroatoms. The molecule has 1 heterocycles. The van der Waals surface area contributed by atoms with Gasteiger partial charge in [0.15, 0.2) is 0 Å². The number of benzene rings is 2. The highest BCUT2D eigenvalue weighted by atomic mass is 35.5. The predicted molar refractivity (Wildman–Crippen MR) is 99.9 cm³/mol. The zero-order valence-electron chi connectivity index (χ0n) is 13.1. The standard InChI is InChI=1S/C19H22ClNO.ClH/c20-18-14-16(15-6-2-1-3-7-15)9-10-19(18)22-13-11-17-8-4-5-12-21-17;/h1-3,6-7,9-10,14,17,21H,4-5,8,11-13H2;1H. The van der Waals surface area contributed by atoms with E-state index in [9.17, 15) is 0 Å². The Morgan fingerprint density at radius 3 is 2.57 bits per heavy atom. The lowest BCUT2D eigenvalue weighted by Crippen LogP contribution is -2.35. The minimum atomic E-state index is 0. The number of piperidine rings is 1. The molecule has 0 aromatic heterocycles. The fraction of sp³-hybridized carbons (Fsp3) is 0.368. The molecule has 0 radical (unpaired) electrons. The lowest BCUT2D eigenvalue weighted by atomic mass is 10.0. The Morgan fingerprint density at radius 1 is 1.04 bits per heavy atom. The summed E-state index contributed by atoms with van der Waals surface area (Å²) in [6, 6.07) is 16.9. The number of hydrogen-bond donors (Lipinski definition) is 1. The zero-order chi connectivity index (χ0) is 15.2. The average molecular weight is 352 g/mol. The van der Waals surface area contributed by atoms with Gasteiger partial charge in [0.25, 0.3) is 0 Å². The second-order valence-electron chi connectivity index (χ2n) is 5.80. The summed E-state index contributed by atoms with van der Waals surface area (Å²) in [6.45, 7) is 1.85. The smallest absolute Gasteiger partial charge is 0.137 e. The summed E-state index contributed by atoms with van der Waals surface area (Å²) in [5.41, 5.74) is 2.29. The highest BCUT2D eigenvalue weighted by Gasteiger charge is 2.12. The third kappa shape index (κ3) is 5.13. The summed E-state index contributed by atoms with van der Waals surface area (Å²) in [7, 11) is 0. The van der Waals surface area contributed by atoms with E-state index < -0.39 is 0 Å². The van der Waals surface area contributed by atoms with Crippen molar-refractivity contribution in [1.82, 2.24) is 5.32 Å². The minimum Gasteiger partial charge on any atom is -0.492 e. The first kappa shape index (κ1) is 18.1. The van der Waals surface area contributed by atoms with Crippen LogP contribution in [0.3, 0.4) is 0 Å². The topological polar surface area (TPSA) is 21.3 Å². The third-order valence-electron chi connectivity index (χ3n) is 4.18. The molecular formula is C19H23Cl2NO. The van der Waals surface area contributed by atoms with Gasteiger partial charge in [-0.05, 0) is 49.1 Å². The first-order valence-electron chi connectivity index (χ1n) is 8.04. The largest absolute Gasteiger partial charge is 0.492 e. The van der Waals surface area contributed by atoms with Crippen LogP contribution in [0.15, 0.2) is 48.5 Å². The first-order valence-corrected chi connectivity index (χ1v) is 8.42. The fourth-order valence-electron chi connectivity index (χ4n) is 2.91. The summed E-state index contributed by atoms with van der Waals surface area (Å²) in [5, 5.41) is 4.22. The van der Waals surface area contributed by atoms with E-state index in [4.69, 9.17) is 16.3 Å². The summed E-state index contributed by atoms with van der Waals surface area (Å²) in [6.07, 6.45) is 4.91. The van der Waals surface area contributed by atoms with Crippen molar-refractivity contribution < 1.29 is 4.74 Å². The molecule has 1 aliphatic heterocycles. The Labute approximate surface area is 149 Å². The van der Waals surface area contributed by atoms with E-state index >= 15 is 0 Å². The quantitative estimate of drug-likeness (QED) is 0.784. The van der Waals surface area contributed by atoms with Crippen LogP contribution in [0.2, 0.25) is 5.02 Å². The van der Waals surface area contributed by atoms with Gasteiger partial charge in [-0.2, -0.15) is 0 Å². The van der Waals surface area contributed by atoms with Crippen molar-refractivity contribution in [1.29, 1.82) is 0 Å². The Kier molecular flexibility index (Phi) is 7.22. The fourth-order valence-corrected chi connectivity index (χ4v) is 3.14. The highest BCUT2D eigenvalue weighted by molar-refractivity contribution is 6.32. The number of halogens is 2. The van der Waals surface area contributed by atoms with Crippen LogP contribution in [0.1, 0.15) is 25.7 Å². The molecule has 1 fully saturated rings. The van der Waals surface area contributed by atoms with Crippen molar-refractivity contribution in [3.05, 3.63) is 53.6 Å². The SMILES string of the molecule is Cl.Clc1cc(-c2ccccc2)ccc1OCCC1CCCCN1. The van der Waals surface area contributed by atoms with Crippen molar-refractivity contribution in [3.8, 4) is 16.9 Å². The summed E-state index contributed by atoms with van der Waals surface area (Å²) >= 11 is 6.36. The van der Waals surface area contributed by atoms with Gasteiger partial charge in [0.2, 0.25) is 0 Å². The van der Waals surface area contributed by atoms with Gasteiger partial charge in [-0.15, -0.1) is 12.4 Å². The Hall–Kier alpha value is -1.22. The molecule has 0 saturated carbocycles. The maximum absolute atomic E-state index is 6.36. The molecule has 1 N–H and O–H groups in total. The molecule has 23 heavy (non-hydrogen) atoms. The molecule has 2 aromatic rings. The van der Waals surface area contributed by atoms with Gasteiger partial charge in [0.1, 0.15) is 5.75 Å². The summed E-state index contributed by atoms with van der Waals surface area (Å²) in [5.74, 6) is 0.775. The number of rotatable bonds is 5. The van der Waals surface area contributed by atoms with Crippen molar-refractivity contribution in [2.24, 2.45) is 0 Å². The van der Waals surface area contributed by atoms with Crippen LogP contribution in [0, 0.1) is 0 Å². The van der Waals surface area contributed by atoms with E-state index in [2.05, 4.69) is 23.5 Å². The molecule has 0 amide bonds. The molecule has 1 atom stereocenters. The molecule has 2 nitrogen and oxygen atoms in total. The van der Waals surface area contributed by atoms with Gasteiger partial charge in [0, 0.05) is 6.04 Å². The molecule has 124 valence electrons. The summed E-state index contributed by atoms with van der Waals surface area (Å²) < 4.78 is 5.86. The minimum absolute atomic E-state index is 0. The van der Waals surface area contributed by atoms with Gasteiger partial charge in [-0.1, -0.05) is 54.4 Å². The molecule has 0 spiro atoms. The monoisotopic (exact) mass is 351 g/mol. The lowest BCUT2D eigenvalue weighted by Gasteiger charge is -2.23. The van der Waals surface area contributed by atoms with Crippen LogP contribution >= 0.6 is 24.0 Å². The van der Waals surface area contributed by atoms with Gasteiger partial charge in [0.05, 0.1) is 11.6 Å². The molecule has 3 rings (SSSR count). The van der Waals surface area contributed by atoms with Crippen LogP contribution in [0.25, 0.3) is 11.1 Å². The number of hydrogen-bond acceptors (Lipinski definition) is 2. The lowest BCUT2D eigenvalue weighted by molar-refractivity contribution is 0.268. The molecule has 1 unspecified atom stereocenters. The Bertz CT molecular complexity index is 598. The van der Waals surface area contributed by atoms with Gasteiger partial charge in [-0.3, -0.25) is 0 Å². The number of ether oxygens (including phenoxy) is 1. The predicted octanol–water partition coefficient (Wildman–Crippen LogP) is 5.34. The van der Waals surface area contributed by atoms with Crippen LogP contribution in [0.4, 0.5) is 0 Å². The second kappa shape index (κ2) is 9.17. The normalized spacial score (nSPS) is 17.3. The number of nitrogens with one attached hydrogen (secondary N) is 1. The molecule has 0 aliphatic carbocycles. The first-order chi connectivity index (χ1) is 10.8. The Morgan fingerprint density at radius 2 is 1.87 bits per heavy atom. The van der Waals surface area contributed by atoms with E-state index in [1.165, 1.54) is 24.8 Å². The third-order valence-corrected chi connectivity index (χ3v) is 4.47. The van der Waals surface area contributed by atoms with Gasteiger partial charge >= 0.3 is 0 Å². The zero-order valence-corrected chi connectivity index (χ0v) is 14.7. The van der Waals surface area contributed by atoms with Gasteiger partial charge in [-0.25, -0.2) is 0 Å². The maximum Gasteiger partial charge on any atom is 0.137 e. The van der Waals surface area contributed by atoms with Crippen LogP contribution in [0.5, 0.6) is 5.75 Å². The molecule has 1 saturated heterocycles. The van der Waals surface area contributed by atoms with E-state index in [1.54, 1.807) is 0 Å². The van der Waals surface area contributed by atoms with Crippen molar-refractivity contribution >= 4 is 24.0 Å². The molecule has 1 aliphatic rings. The Balaban J connectivity index is 0.00000192. The van der Waals surface area contributed by atoms with Crippen molar-refractivity contribution in [2.75, 3.05) is 13.2 Å². The maximum atomic E-state index is 6.36. The van der Waals surface area contributed by atoms with E-state index in [-0.39, 0.29) is 12.4 Å². The highest BCUT2D eigenvalue weighted by Crippen LogP contribution is 2.30.